The van der Waals surface area contributed by atoms with E-state index in [0.717, 1.165) is 6.54 Å². The lowest BCUT2D eigenvalue weighted by Gasteiger charge is -2.21. The largest absolute Gasteiger partial charge is 0.298 e. The molecular weight excluding hydrogens is 140 g/mol. The molecule has 0 spiro atoms. The normalized spacial score (nSPS) is 34.5. The molecule has 0 radical (unpaired) electrons. The molecule has 2 unspecified atom stereocenters. The molecule has 1 fully saturated rings. The number of Topliss-reactive ketones (excluding diaryl/α,β-unsaturated/α-hetero) is 1. The number of hydrogen-bond donors (Lipinski definition) is 0. The van der Waals surface area contributed by atoms with Crippen molar-refractivity contribution >= 4 is 5.78 Å². The first kappa shape index (κ1) is 8.68. The third-order valence-electron chi connectivity index (χ3n) is 2.65. The molecule has 0 aliphatic carbocycles. The molecule has 3 nitrogen and oxygen atoms in total. The first-order chi connectivity index (χ1) is 5.04. The molecule has 3 heteroatoms. The average molecular weight is 156 g/mol. The Balaban J connectivity index is 2.67. The van der Waals surface area contributed by atoms with Gasteiger partial charge in [-0.2, -0.15) is 0 Å². The first-order valence-electron chi connectivity index (χ1n) is 3.96. The summed E-state index contributed by atoms with van der Waals surface area (Å²) in [4.78, 5) is 15.4. The van der Waals surface area contributed by atoms with Crippen LogP contribution in [0.15, 0.2) is 0 Å². The zero-order chi connectivity index (χ0) is 8.59. The van der Waals surface area contributed by atoms with Gasteiger partial charge in [0.25, 0.3) is 0 Å². The summed E-state index contributed by atoms with van der Waals surface area (Å²) in [5.41, 5.74) is 0. The monoisotopic (exact) mass is 156 g/mol. The summed E-state index contributed by atoms with van der Waals surface area (Å²) in [6, 6.07) is 0.106. The maximum absolute atomic E-state index is 11.1. The van der Waals surface area contributed by atoms with Crippen LogP contribution in [0.5, 0.6) is 0 Å². The van der Waals surface area contributed by atoms with Crippen LogP contribution in [-0.2, 0) is 4.79 Å². The quantitative estimate of drug-likeness (QED) is 0.540. The minimum Gasteiger partial charge on any atom is -0.298 e. The van der Waals surface area contributed by atoms with Crippen LogP contribution in [0.2, 0.25) is 0 Å². The van der Waals surface area contributed by atoms with Gasteiger partial charge in [0.15, 0.2) is 0 Å². The van der Waals surface area contributed by atoms with Crippen molar-refractivity contribution in [1.29, 1.82) is 0 Å². The predicted octanol–water partition coefficient (Wildman–Crippen LogP) is 0.167. The molecule has 1 aliphatic heterocycles. The second-order valence-electron chi connectivity index (χ2n) is 3.36. The SMILES string of the molecule is CC(=O)C1CN(C)C(C)N1C. The zero-order valence-electron chi connectivity index (χ0n) is 7.66. The predicted molar refractivity (Wildman–Crippen MR) is 44.3 cm³/mol. The number of nitrogens with zero attached hydrogens (tertiary/aromatic N) is 2. The molecule has 1 saturated heterocycles. The second kappa shape index (κ2) is 2.91. The van der Waals surface area contributed by atoms with E-state index >= 15 is 0 Å². The summed E-state index contributed by atoms with van der Waals surface area (Å²) in [6.07, 6.45) is 0.392. The number of carbonyl (C=O) groups is 1. The van der Waals surface area contributed by atoms with E-state index in [1.54, 1.807) is 6.92 Å². The van der Waals surface area contributed by atoms with E-state index in [4.69, 9.17) is 0 Å². The molecule has 64 valence electrons. The van der Waals surface area contributed by atoms with Crippen molar-refractivity contribution in [3.63, 3.8) is 0 Å². The van der Waals surface area contributed by atoms with Gasteiger partial charge in [-0.3, -0.25) is 14.6 Å². The fraction of sp³-hybridized carbons (Fsp3) is 0.875. The van der Waals surface area contributed by atoms with Crippen LogP contribution in [0.4, 0.5) is 0 Å². The van der Waals surface area contributed by atoms with Gasteiger partial charge in [0, 0.05) is 6.54 Å². The lowest BCUT2D eigenvalue weighted by atomic mass is 10.2. The van der Waals surface area contributed by atoms with Gasteiger partial charge in [0.1, 0.15) is 5.78 Å². The van der Waals surface area contributed by atoms with Crippen molar-refractivity contribution in [2.45, 2.75) is 26.1 Å². The molecule has 2 atom stereocenters. The summed E-state index contributed by atoms with van der Waals surface area (Å²) in [5, 5.41) is 0. The van der Waals surface area contributed by atoms with Gasteiger partial charge in [0.2, 0.25) is 0 Å². The third kappa shape index (κ3) is 1.44. The highest BCUT2D eigenvalue weighted by Crippen LogP contribution is 2.16. The van der Waals surface area contributed by atoms with Gasteiger partial charge in [-0.25, -0.2) is 0 Å². The van der Waals surface area contributed by atoms with Crippen molar-refractivity contribution in [2.24, 2.45) is 0 Å². The topological polar surface area (TPSA) is 23.6 Å². The van der Waals surface area contributed by atoms with Crippen LogP contribution in [0.1, 0.15) is 13.8 Å². The molecule has 0 N–H and O–H groups in total. The Morgan fingerprint density at radius 2 is 2.00 bits per heavy atom. The summed E-state index contributed by atoms with van der Waals surface area (Å²) in [5.74, 6) is 0.267. The molecule has 11 heavy (non-hydrogen) atoms. The number of rotatable bonds is 1. The summed E-state index contributed by atoms with van der Waals surface area (Å²) < 4.78 is 0. The van der Waals surface area contributed by atoms with Crippen LogP contribution < -0.4 is 0 Å². The Kier molecular flexibility index (Phi) is 2.30. The zero-order valence-corrected chi connectivity index (χ0v) is 7.66. The Bertz CT molecular complexity index is 169. The molecule has 1 rings (SSSR count). The maximum Gasteiger partial charge on any atom is 0.148 e. The molecule has 0 amide bonds. The number of carbonyl (C=O) groups excluding carboxylic acids is 1. The van der Waals surface area contributed by atoms with E-state index in [9.17, 15) is 4.79 Å². The van der Waals surface area contributed by atoms with E-state index in [-0.39, 0.29) is 11.8 Å². The van der Waals surface area contributed by atoms with Crippen molar-refractivity contribution in [3.8, 4) is 0 Å². The Morgan fingerprint density at radius 3 is 2.18 bits per heavy atom. The van der Waals surface area contributed by atoms with Gasteiger partial charge >= 0.3 is 0 Å². The highest BCUT2D eigenvalue weighted by Gasteiger charge is 2.33. The lowest BCUT2D eigenvalue weighted by molar-refractivity contribution is -0.120. The Labute approximate surface area is 68.0 Å². The summed E-state index contributed by atoms with van der Waals surface area (Å²) in [6.45, 7) is 4.64. The first-order valence-corrected chi connectivity index (χ1v) is 3.96. The molecule has 0 aromatic heterocycles. The molecule has 1 aliphatic rings. The van der Waals surface area contributed by atoms with E-state index in [1.165, 1.54) is 0 Å². The molecule has 0 saturated carbocycles. The molecular formula is C8H16N2O. The highest BCUT2D eigenvalue weighted by atomic mass is 16.1. The highest BCUT2D eigenvalue weighted by molar-refractivity contribution is 5.82. The fourth-order valence-electron chi connectivity index (χ4n) is 1.54. The molecule has 1 heterocycles. The van der Waals surface area contributed by atoms with Gasteiger partial charge in [-0.05, 0) is 27.9 Å². The van der Waals surface area contributed by atoms with Gasteiger partial charge in [0.05, 0.1) is 12.2 Å². The van der Waals surface area contributed by atoms with Gasteiger partial charge in [-0.1, -0.05) is 0 Å². The Morgan fingerprint density at radius 1 is 1.45 bits per heavy atom. The summed E-state index contributed by atoms with van der Waals surface area (Å²) >= 11 is 0. The third-order valence-corrected chi connectivity index (χ3v) is 2.65. The lowest BCUT2D eigenvalue weighted by Crippen LogP contribution is -2.37. The standard InChI is InChI=1S/C8H16N2O/c1-6(11)8-5-9(3)7(2)10(8)4/h7-8H,5H2,1-4H3. The van der Waals surface area contributed by atoms with Gasteiger partial charge < -0.3 is 0 Å². The van der Waals surface area contributed by atoms with Crippen LogP contribution in [0.25, 0.3) is 0 Å². The number of hydrogen-bond acceptors (Lipinski definition) is 3. The average Bonchev–Trinajstić information content (AvgIpc) is 2.17. The second-order valence-corrected chi connectivity index (χ2v) is 3.36. The minimum atomic E-state index is 0.106. The minimum absolute atomic E-state index is 0.106. The molecule has 0 bridgehead atoms. The van der Waals surface area contributed by atoms with Crippen molar-refractivity contribution in [2.75, 3.05) is 20.6 Å². The van der Waals surface area contributed by atoms with Gasteiger partial charge in [-0.15, -0.1) is 0 Å². The molecule has 0 aromatic carbocycles. The smallest absolute Gasteiger partial charge is 0.148 e. The summed E-state index contributed by atoms with van der Waals surface area (Å²) in [7, 11) is 4.05. The van der Waals surface area contributed by atoms with Crippen LogP contribution in [-0.4, -0.2) is 48.4 Å². The fourth-order valence-corrected chi connectivity index (χ4v) is 1.54. The van der Waals surface area contributed by atoms with E-state index in [1.807, 2.05) is 14.1 Å². The van der Waals surface area contributed by atoms with E-state index < -0.39 is 0 Å². The van der Waals surface area contributed by atoms with E-state index in [0.29, 0.717) is 6.17 Å². The maximum atomic E-state index is 11.1. The number of ketones is 1. The van der Waals surface area contributed by atoms with Crippen molar-refractivity contribution in [3.05, 3.63) is 0 Å². The van der Waals surface area contributed by atoms with Crippen molar-refractivity contribution in [1.82, 2.24) is 9.80 Å². The van der Waals surface area contributed by atoms with Crippen LogP contribution >= 0.6 is 0 Å². The molecule has 0 aromatic rings. The number of likely N-dealkylation sites (N-methyl/N-ethyl adjacent to an activating group) is 2. The van der Waals surface area contributed by atoms with Crippen LogP contribution in [0, 0.1) is 0 Å². The van der Waals surface area contributed by atoms with Crippen molar-refractivity contribution < 1.29 is 4.79 Å². The van der Waals surface area contributed by atoms with Crippen LogP contribution in [0.3, 0.4) is 0 Å². The van der Waals surface area contributed by atoms with E-state index in [2.05, 4.69) is 16.7 Å². The Hall–Kier alpha value is -0.410.